The van der Waals surface area contributed by atoms with E-state index in [4.69, 9.17) is 21.1 Å². The van der Waals surface area contributed by atoms with Crippen LogP contribution in [-0.2, 0) is 99.0 Å². The predicted molar refractivity (Wildman–Crippen MR) is 469 cm³/mol. The van der Waals surface area contributed by atoms with Crippen molar-refractivity contribution in [3.8, 4) is 11.5 Å². The SMILES string of the molecule is COC(=O)CCC(N[C@@H](CS)C(=O)C(=O)[C@H](CS)NN)C(=O)N[C@@H](Cc1ccc(O)cc1)C(=O)N[C@@H](CS)C(=O)N[C@@H](CS)C(=O)N[C@@H](CC(N)=O)C(=O)N1CCC[C@H]1C(=O)NC(C)C(=O)N[C@@H](CS)C(=O)N[C@H](C(=O)NCC(=O)NC(CS)C(=O)NC(Cc1ccc(O)cc1)C(=O)OC)[C@@H](C)O.CSSC.CSSC.CSSC. The Morgan fingerprint density at radius 1 is 0.496 bits per heavy atom. The number of carbonyl (C=O) groups excluding carboxylic acids is 16. The van der Waals surface area contributed by atoms with Gasteiger partial charge in [-0.2, -0.15) is 75.8 Å². The number of benzene rings is 2. The Kier molecular flexibility index (Phi) is 58.1. The lowest BCUT2D eigenvalue weighted by molar-refractivity contribution is -0.145. The van der Waals surface area contributed by atoms with Crippen LogP contribution < -0.4 is 75.5 Å². The van der Waals surface area contributed by atoms with Crippen molar-refractivity contribution in [3.05, 3.63) is 59.7 Å². The number of thiol groups is 6. The van der Waals surface area contributed by atoms with E-state index in [0.717, 1.165) is 26.0 Å². The van der Waals surface area contributed by atoms with Gasteiger partial charge in [0.15, 0.2) is 0 Å². The second-order valence-corrected chi connectivity index (χ2v) is 34.4. The number of likely N-dealkylation sites (tertiary alicyclic amines) is 1. The van der Waals surface area contributed by atoms with E-state index in [9.17, 15) is 92.0 Å². The molecule has 3 rings (SSSR count). The van der Waals surface area contributed by atoms with E-state index in [-0.39, 0.29) is 67.4 Å². The van der Waals surface area contributed by atoms with E-state index in [1.54, 1.807) is 64.8 Å². The molecule has 115 heavy (non-hydrogen) atoms. The first-order valence-corrected chi connectivity index (χ1v) is 47.3. The fourth-order valence-electron chi connectivity index (χ4n) is 9.84. The molecule has 1 saturated heterocycles. The molecule has 1 heterocycles. The van der Waals surface area contributed by atoms with Gasteiger partial charge in [-0.3, -0.25) is 83.1 Å². The minimum atomic E-state index is -1.77. The zero-order valence-electron chi connectivity index (χ0n) is 64.7. The third kappa shape index (κ3) is 41.5. The van der Waals surface area contributed by atoms with Crippen LogP contribution in [0.2, 0.25) is 0 Å². The Labute approximate surface area is 725 Å². The Morgan fingerprint density at radius 3 is 1.30 bits per heavy atom. The van der Waals surface area contributed by atoms with Gasteiger partial charge in [0, 0.05) is 60.3 Å². The molecule has 0 aliphatic carbocycles. The second-order valence-electron chi connectivity index (χ2n) is 24.2. The van der Waals surface area contributed by atoms with Crippen LogP contribution in [0.4, 0.5) is 0 Å². The summed E-state index contributed by atoms with van der Waals surface area (Å²) in [6.07, 6.45) is 9.02. The lowest BCUT2D eigenvalue weighted by Crippen LogP contribution is -2.61. The number of nitrogens with zero attached hydrogens (tertiary/aromatic N) is 1. The molecule has 1 aliphatic heterocycles. The maximum absolute atomic E-state index is 14.3. The lowest BCUT2D eigenvalue weighted by atomic mass is 10.0. The number of esters is 2. The number of aromatic hydroxyl groups is 2. The minimum absolute atomic E-state index is 0.00409. The van der Waals surface area contributed by atoms with Gasteiger partial charge in [0.2, 0.25) is 82.5 Å². The molecule has 648 valence electrons. The average molecular weight is 1840 g/mol. The average Bonchev–Trinajstić information content (AvgIpc) is 1.74. The Balaban J connectivity index is 0.0000101. The van der Waals surface area contributed by atoms with Gasteiger partial charge in [-0.25, -0.2) is 10.2 Å². The molecule has 0 aromatic heterocycles. The van der Waals surface area contributed by atoms with Crippen molar-refractivity contribution in [1.29, 1.82) is 0 Å². The van der Waals surface area contributed by atoms with Crippen LogP contribution in [0.1, 0.15) is 57.1 Å². The van der Waals surface area contributed by atoms with Crippen LogP contribution in [0.15, 0.2) is 48.5 Å². The largest absolute Gasteiger partial charge is 0.508 e. The summed E-state index contributed by atoms with van der Waals surface area (Å²) in [5, 5.41) is 56.7. The number of nitrogens with one attached hydrogen (secondary N) is 12. The number of phenols is 2. The predicted octanol–water partition coefficient (Wildman–Crippen LogP) is -2.49. The Bertz CT molecular complexity index is 3450. The fraction of sp³-hybridized carbons (Fsp3) is 0.582. The van der Waals surface area contributed by atoms with Gasteiger partial charge in [0.05, 0.1) is 51.4 Å². The van der Waals surface area contributed by atoms with Crippen LogP contribution in [0.3, 0.4) is 0 Å². The van der Waals surface area contributed by atoms with Crippen molar-refractivity contribution in [1.82, 2.24) is 68.8 Å². The summed E-state index contributed by atoms with van der Waals surface area (Å²) < 4.78 is 9.53. The van der Waals surface area contributed by atoms with Crippen molar-refractivity contribution >= 4 is 235 Å². The number of amides is 12. The third-order valence-corrected chi connectivity index (χ3v) is 22.3. The van der Waals surface area contributed by atoms with Crippen molar-refractivity contribution in [2.75, 3.05) is 99.4 Å². The van der Waals surface area contributed by atoms with Crippen LogP contribution in [0, 0.1) is 0 Å². The zero-order chi connectivity index (χ0) is 87.6. The lowest BCUT2D eigenvalue weighted by Gasteiger charge is -2.30. The molecule has 1 fully saturated rings. The molecule has 0 spiro atoms. The molecule has 2 aromatic rings. The number of methoxy groups -OCH3 is 2. The smallest absolute Gasteiger partial charge is 0.328 e. The molecule has 2 aromatic carbocycles. The number of aliphatic hydroxyl groups is 1. The summed E-state index contributed by atoms with van der Waals surface area (Å²) in [7, 11) is 12.8. The zero-order valence-corrected chi connectivity index (χ0v) is 75.0. The summed E-state index contributed by atoms with van der Waals surface area (Å²) in [5.74, 6) is -12.6. The van der Waals surface area contributed by atoms with Crippen molar-refractivity contribution in [2.24, 2.45) is 11.6 Å². The molecule has 1 aliphatic rings. The number of primary amides is 1. The monoisotopic (exact) mass is 1840 g/mol. The highest BCUT2D eigenvalue weighted by molar-refractivity contribution is 8.76. The summed E-state index contributed by atoms with van der Waals surface area (Å²) in [6, 6.07) is -8.09. The summed E-state index contributed by atoms with van der Waals surface area (Å²) in [5.41, 5.74) is 8.60. The maximum Gasteiger partial charge on any atom is 0.328 e. The number of ketones is 2. The van der Waals surface area contributed by atoms with Crippen LogP contribution in [0.25, 0.3) is 0 Å². The molecule has 19 N–H and O–H groups in total. The molecule has 0 bridgehead atoms. The second kappa shape index (κ2) is 61.3. The number of ether oxygens (including phenoxy) is 2. The van der Waals surface area contributed by atoms with E-state index >= 15 is 0 Å². The molecule has 48 heteroatoms. The van der Waals surface area contributed by atoms with E-state index in [1.807, 2.05) is 0 Å². The van der Waals surface area contributed by atoms with Crippen LogP contribution in [0.5, 0.6) is 11.5 Å². The first-order chi connectivity index (χ1) is 54.5. The van der Waals surface area contributed by atoms with E-state index in [2.05, 4.69) is 177 Å². The number of rotatable bonds is 47. The first-order valence-electron chi connectivity index (χ1n) is 34.6. The molecule has 36 nitrogen and oxygen atoms in total. The highest BCUT2D eigenvalue weighted by Crippen LogP contribution is 2.21. The van der Waals surface area contributed by atoms with Crippen molar-refractivity contribution < 1.29 is 102 Å². The number of phenolic OH excluding ortho intramolecular Hbond substituents is 2. The summed E-state index contributed by atoms with van der Waals surface area (Å²) in [4.78, 5) is 215. The van der Waals surface area contributed by atoms with Gasteiger partial charge in [-0.1, -0.05) is 89.0 Å². The Hall–Kier alpha value is -6.00. The molecule has 12 amide bonds. The number of Topliss-reactive ketones (excluding diaryl/α,β-unsaturated/α-hetero) is 2. The number of hydrogen-bond donors (Lipinski definition) is 23. The molecular weight excluding hydrogens is 1740 g/mol. The van der Waals surface area contributed by atoms with Gasteiger partial charge in [0.25, 0.3) is 0 Å². The normalized spacial score (nSPS) is 15.4. The topological polar surface area (TPSA) is 552 Å². The molecule has 0 radical (unpaired) electrons. The number of hydrogen-bond acceptors (Lipinski definition) is 36. The third-order valence-electron chi connectivity index (χ3n) is 16.1. The molecule has 0 saturated carbocycles. The Morgan fingerprint density at radius 2 is 0.887 bits per heavy atom. The number of hydrazine groups is 1. The number of carbonyl (C=O) groups is 16. The summed E-state index contributed by atoms with van der Waals surface area (Å²) in [6.45, 7) is 1.45. The highest BCUT2D eigenvalue weighted by atomic mass is 33.1. The molecule has 4 unspecified atom stereocenters. The maximum atomic E-state index is 14.3. The first kappa shape index (κ1) is 109. The standard InChI is InChI=1S/C61H89N15O21S6.3C2H6S2/c1-28(51(85)71-43(27-103)57(91)74-48(29(2)77)59(93)64-21-46(81)67-40(24-100)54(88)70-37(61(95)97-4)19-31-9-13-33(79)14-10-31)65-58(92)44-6-5-17-76(44)60(94)36(20-45(62)80)69-55(89)41(25-101)73-56(90)42(26-102)72-53(87)35(18-30-7-11-32(78)12-8-30)68-52(86)34(15-16-47(82)96-3)66-38(22-98)49(83)50(84)39(23-99)75-63;3*1-3-4-2/h7-14,28-29,34-44,48,66,75,77-79,98-103H,5-6,15-27,63H2,1-4H3,(H2,62,80)(H,64,93)(H,65,92)(H,67,81)(H,68,86)(H,69,89)(H,70,88)(H,71,85)(H,72,87)(H,73,90)(H,74,91);3*1-2H3/t28?,29-,34?,35+,36+,37?,38+,39+,40?,41+,42+,43+,44+,48+;;;/m1.../s1. The summed E-state index contributed by atoms with van der Waals surface area (Å²) >= 11 is 24.9. The van der Waals surface area contributed by atoms with Gasteiger partial charge < -0.3 is 88.6 Å². The van der Waals surface area contributed by atoms with Crippen LogP contribution >= 0.6 is 141 Å². The highest BCUT2D eigenvalue weighted by Gasteiger charge is 2.42. The van der Waals surface area contributed by atoms with E-state index in [0.29, 0.717) is 11.1 Å². The van der Waals surface area contributed by atoms with E-state index < -0.39 is 216 Å². The van der Waals surface area contributed by atoms with Crippen molar-refractivity contribution in [2.45, 2.75) is 143 Å². The number of nitrogens with two attached hydrogens (primary N) is 2. The number of aliphatic hydroxyl groups excluding tert-OH is 1. The van der Waals surface area contributed by atoms with Crippen molar-refractivity contribution in [3.63, 3.8) is 0 Å². The van der Waals surface area contributed by atoms with E-state index in [1.165, 1.54) is 55.5 Å². The fourth-order valence-corrected chi connectivity index (χ4v) is 11.4. The molecule has 14 atom stereocenters. The van der Waals surface area contributed by atoms with Crippen LogP contribution in [-0.4, -0.2) is 299 Å². The molecular formula is C67H107N15O21S12. The quantitative estimate of drug-likeness (QED) is 0.00814. The van der Waals surface area contributed by atoms with Gasteiger partial charge in [-0.15, -0.1) is 0 Å². The van der Waals surface area contributed by atoms with Gasteiger partial charge in [0.1, 0.15) is 71.9 Å². The van der Waals surface area contributed by atoms with Gasteiger partial charge in [-0.05, 0) is 106 Å². The minimum Gasteiger partial charge on any atom is -0.508 e. The van der Waals surface area contributed by atoms with Gasteiger partial charge >= 0.3 is 11.9 Å².